The van der Waals surface area contributed by atoms with Gasteiger partial charge in [0.2, 0.25) is 0 Å². The van der Waals surface area contributed by atoms with Crippen molar-refractivity contribution in [3.8, 4) is 0 Å². The molecule has 3 rings (SSSR count). The third-order valence-electron chi connectivity index (χ3n) is 5.10. The van der Waals surface area contributed by atoms with Gasteiger partial charge in [-0.25, -0.2) is 4.98 Å². The number of rotatable bonds is 4. The molecule has 0 spiro atoms. The zero-order valence-electron chi connectivity index (χ0n) is 17.3. The maximum Gasteiger partial charge on any atom is 0.416 e. The van der Waals surface area contributed by atoms with Crippen molar-refractivity contribution >= 4 is 5.69 Å². The summed E-state index contributed by atoms with van der Waals surface area (Å²) in [5, 5.41) is 0. The van der Waals surface area contributed by atoms with E-state index in [1.165, 1.54) is 6.07 Å². The Morgan fingerprint density at radius 1 is 1.18 bits per heavy atom. The topological polar surface area (TPSA) is 30.3 Å². The van der Waals surface area contributed by atoms with Gasteiger partial charge in [0.25, 0.3) is 0 Å². The van der Waals surface area contributed by atoms with E-state index in [0.29, 0.717) is 18.1 Å². The number of anilines is 1. The van der Waals surface area contributed by atoms with Gasteiger partial charge >= 0.3 is 6.18 Å². The Bertz CT molecular complexity index is 863. The molecule has 0 fully saturated rings. The molecule has 1 aliphatic rings. The van der Waals surface area contributed by atoms with Crippen LogP contribution in [-0.2, 0) is 22.9 Å². The largest absolute Gasteiger partial charge is 0.416 e. The van der Waals surface area contributed by atoms with Crippen LogP contribution in [0.15, 0.2) is 24.5 Å². The third kappa shape index (κ3) is 4.19. The minimum Gasteiger partial charge on any atom is -0.356 e. The van der Waals surface area contributed by atoms with Crippen molar-refractivity contribution in [1.82, 2.24) is 9.55 Å². The molecule has 1 aromatic carbocycles. The molecular formula is C21H28F3N3O. The van der Waals surface area contributed by atoms with E-state index in [0.717, 1.165) is 5.56 Å². The van der Waals surface area contributed by atoms with Gasteiger partial charge in [-0.05, 0) is 44.9 Å². The number of benzene rings is 1. The van der Waals surface area contributed by atoms with Crippen molar-refractivity contribution in [3.05, 3.63) is 47.0 Å². The maximum absolute atomic E-state index is 13.9. The van der Waals surface area contributed by atoms with Gasteiger partial charge in [-0.3, -0.25) is 0 Å². The first-order valence-corrected chi connectivity index (χ1v) is 9.39. The molecule has 0 unspecified atom stereocenters. The zero-order valence-corrected chi connectivity index (χ0v) is 17.3. The number of hydrogen-bond acceptors (Lipinski definition) is 3. The average molecular weight is 395 g/mol. The van der Waals surface area contributed by atoms with Crippen LogP contribution in [0.1, 0.15) is 57.1 Å². The van der Waals surface area contributed by atoms with E-state index in [-0.39, 0.29) is 29.9 Å². The molecule has 0 N–H and O–H groups in total. The lowest BCUT2D eigenvalue weighted by Crippen LogP contribution is -2.34. The summed E-state index contributed by atoms with van der Waals surface area (Å²) in [7, 11) is 0. The Kier molecular flexibility index (Phi) is 5.02. The van der Waals surface area contributed by atoms with E-state index in [1.807, 2.05) is 25.7 Å². The van der Waals surface area contributed by atoms with E-state index in [2.05, 4.69) is 18.8 Å². The van der Waals surface area contributed by atoms with Gasteiger partial charge in [-0.1, -0.05) is 19.9 Å². The molecule has 2 aromatic rings. The molecule has 1 aliphatic heterocycles. The SMILES string of the molecule is Cc1nccn1Cc1cc2c(cc1C(F)(F)F)N(COC(C)(C)C)CC2(C)C. The molecule has 0 saturated carbocycles. The Hall–Kier alpha value is -2.02. The molecule has 0 radical (unpaired) electrons. The van der Waals surface area contributed by atoms with E-state index in [4.69, 9.17) is 4.74 Å². The van der Waals surface area contributed by atoms with E-state index < -0.39 is 11.7 Å². The summed E-state index contributed by atoms with van der Waals surface area (Å²) in [4.78, 5) is 6.03. The van der Waals surface area contributed by atoms with Crippen molar-refractivity contribution < 1.29 is 17.9 Å². The predicted octanol–water partition coefficient (Wildman–Crippen LogP) is 5.13. The smallest absolute Gasteiger partial charge is 0.356 e. The summed E-state index contributed by atoms with van der Waals surface area (Å²) < 4.78 is 49.2. The lowest BCUT2D eigenvalue weighted by Gasteiger charge is -2.27. The number of fused-ring (bicyclic) bond motifs is 1. The van der Waals surface area contributed by atoms with Gasteiger partial charge in [0.05, 0.1) is 11.2 Å². The lowest BCUT2D eigenvalue weighted by atomic mass is 9.85. The Labute approximate surface area is 164 Å². The van der Waals surface area contributed by atoms with Gasteiger partial charge in [0, 0.05) is 36.6 Å². The summed E-state index contributed by atoms with van der Waals surface area (Å²) in [5.41, 5.74) is 0.563. The van der Waals surface area contributed by atoms with Crippen LogP contribution < -0.4 is 4.90 Å². The van der Waals surface area contributed by atoms with E-state index >= 15 is 0 Å². The van der Waals surface area contributed by atoms with Crippen LogP contribution in [0.25, 0.3) is 0 Å². The highest BCUT2D eigenvalue weighted by atomic mass is 19.4. The summed E-state index contributed by atoms with van der Waals surface area (Å²) in [5.74, 6) is 0.688. The van der Waals surface area contributed by atoms with Gasteiger partial charge in [-0.2, -0.15) is 13.2 Å². The highest BCUT2D eigenvalue weighted by molar-refractivity contribution is 5.65. The van der Waals surface area contributed by atoms with Crippen LogP contribution in [-0.4, -0.2) is 28.4 Å². The highest BCUT2D eigenvalue weighted by Crippen LogP contribution is 2.45. The van der Waals surface area contributed by atoms with Gasteiger partial charge in [0.15, 0.2) is 0 Å². The van der Waals surface area contributed by atoms with Crippen molar-refractivity contribution in [3.63, 3.8) is 0 Å². The highest BCUT2D eigenvalue weighted by Gasteiger charge is 2.41. The standard InChI is InChI=1S/C21H28F3N3O/c1-14-25-7-8-26(14)11-15-9-17-18(10-16(15)21(22,23)24)27(12-20(17,5)6)13-28-19(2,3)4/h7-10H,11-13H2,1-6H3. The summed E-state index contributed by atoms with van der Waals surface area (Å²) in [6.07, 6.45) is -1.12. The molecule has 7 heteroatoms. The zero-order chi connectivity index (χ0) is 20.9. The summed E-state index contributed by atoms with van der Waals surface area (Å²) >= 11 is 0. The Morgan fingerprint density at radius 3 is 2.39 bits per heavy atom. The fourth-order valence-electron chi connectivity index (χ4n) is 3.62. The first-order valence-electron chi connectivity index (χ1n) is 9.39. The molecule has 0 bridgehead atoms. The second-order valence-corrected chi connectivity index (χ2v) is 9.09. The van der Waals surface area contributed by atoms with Gasteiger partial charge in [-0.15, -0.1) is 0 Å². The summed E-state index contributed by atoms with van der Waals surface area (Å²) in [6, 6.07) is 3.01. The van der Waals surface area contributed by atoms with Crippen molar-refractivity contribution in [2.45, 2.75) is 65.3 Å². The van der Waals surface area contributed by atoms with Crippen LogP contribution >= 0.6 is 0 Å². The monoisotopic (exact) mass is 395 g/mol. The van der Waals surface area contributed by atoms with Crippen LogP contribution in [0.3, 0.4) is 0 Å². The van der Waals surface area contributed by atoms with E-state index in [1.54, 1.807) is 30.0 Å². The molecular weight excluding hydrogens is 367 g/mol. The lowest BCUT2D eigenvalue weighted by molar-refractivity contribution is -0.138. The van der Waals surface area contributed by atoms with Gasteiger partial charge < -0.3 is 14.2 Å². The van der Waals surface area contributed by atoms with Gasteiger partial charge in [0.1, 0.15) is 12.6 Å². The number of hydrogen-bond donors (Lipinski definition) is 0. The second-order valence-electron chi connectivity index (χ2n) is 9.09. The van der Waals surface area contributed by atoms with E-state index in [9.17, 15) is 13.2 Å². The number of ether oxygens (including phenoxy) is 1. The third-order valence-corrected chi connectivity index (χ3v) is 5.10. The van der Waals surface area contributed by atoms with Crippen LogP contribution in [0, 0.1) is 6.92 Å². The number of nitrogens with zero attached hydrogens (tertiary/aromatic N) is 3. The van der Waals surface area contributed by atoms with Crippen LogP contribution in [0.4, 0.5) is 18.9 Å². The second kappa shape index (κ2) is 6.79. The van der Waals surface area contributed by atoms with Crippen LogP contribution in [0.5, 0.6) is 0 Å². The number of alkyl halides is 3. The fraction of sp³-hybridized carbons (Fsp3) is 0.571. The molecule has 4 nitrogen and oxygen atoms in total. The number of halogens is 3. The molecule has 2 heterocycles. The molecule has 0 saturated heterocycles. The van der Waals surface area contributed by atoms with Crippen molar-refractivity contribution in [2.75, 3.05) is 18.2 Å². The molecule has 28 heavy (non-hydrogen) atoms. The average Bonchev–Trinajstić information content (AvgIpc) is 3.04. The summed E-state index contributed by atoms with van der Waals surface area (Å²) in [6.45, 7) is 12.7. The molecule has 1 aromatic heterocycles. The minimum absolute atomic E-state index is 0.141. The Balaban J connectivity index is 2.06. The van der Waals surface area contributed by atoms with Crippen molar-refractivity contribution in [1.29, 1.82) is 0 Å². The first-order chi connectivity index (χ1) is 12.8. The maximum atomic E-state index is 13.9. The predicted molar refractivity (Wildman–Crippen MR) is 104 cm³/mol. The Morgan fingerprint density at radius 2 is 1.86 bits per heavy atom. The first kappa shape index (κ1) is 20.7. The van der Waals surface area contributed by atoms with Crippen LogP contribution in [0.2, 0.25) is 0 Å². The molecule has 0 atom stereocenters. The molecule has 154 valence electrons. The molecule has 0 aliphatic carbocycles. The minimum atomic E-state index is -4.43. The number of imidazole rings is 1. The number of aromatic nitrogens is 2. The number of aryl methyl sites for hydroxylation is 1. The normalized spacial score (nSPS) is 16.5. The fourth-order valence-corrected chi connectivity index (χ4v) is 3.62. The quantitative estimate of drug-likeness (QED) is 0.719. The molecule has 0 amide bonds. The van der Waals surface area contributed by atoms with Crippen molar-refractivity contribution in [2.24, 2.45) is 0 Å².